The SMILES string of the molecule is CC(=O)c1ccc(Br)cn1.CC(C)(O)c1ccc(Br)cn1. The van der Waals surface area contributed by atoms with Crippen molar-refractivity contribution in [2.45, 2.75) is 26.4 Å². The van der Waals surface area contributed by atoms with E-state index in [0.29, 0.717) is 11.4 Å². The van der Waals surface area contributed by atoms with Crippen molar-refractivity contribution in [3.8, 4) is 0 Å². The summed E-state index contributed by atoms with van der Waals surface area (Å²) < 4.78 is 1.81. The van der Waals surface area contributed by atoms with Gasteiger partial charge in [-0.1, -0.05) is 0 Å². The minimum absolute atomic E-state index is 0.00694. The molecule has 2 aromatic rings. The number of nitrogens with zero attached hydrogens (tertiary/aromatic N) is 2. The second kappa shape index (κ2) is 7.77. The molecule has 0 bridgehead atoms. The van der Waals surface area contributed by atoms with Crippen LogP contribution in [-0.2, 0) is 5.60 Å². The van der Waals surface area contributed by atoms with E-state index in [4.69, 9.17) is 0 Å². The Morgan fingerprint density at radius 1 is 1.05 bits per heavy atom. The Kier molecular flexibility index (Phi) is 6.64. The van der Waals surface area contributed by atoms with Gasteiger partial charge in [0.2, 0.25) is 0 Å². The van der Waals surface area contributed by atoms with Crippen LogP contribution in [-0.4, -0.2) is 20.9 Å². The Bertz CT molecular complexity index is 591. The third-order valence-electron chi connectivity index (χ3n) is 2.44. The molecule has 2 heterocycles. The quantitative estimate of drug-likeness (QED) is 0.749. The molecule has 0 unspecified atom stereocenters. The number of aromatic nitrogens is 2. The molecule has 0 radical (unpaired) electrons. The monoisotopic (exact) mass is 414 g/mol. The number of carbonyl (C=O) groups is 1. The predicted octanol–water partition coefficient (Wildman–Crippen LogP) is 4.12. The smallest absolute Gasteiger partial charge is 0.178 e. The van der Waals surface area contributed by atoms with Crippen LogP contribution < -0.4 is 0 Å². The first kappa shape index (κ1) is 17.9. The van der Waals surface area contributed by atoms with E-state index in [1.807, 2.05) is 6.07 Å². The zero-order chi connectivity index (χ0) is 16.0. The van der Waals surface area contributed by atoms with Crippen LogP contribution in [0.1, 0.15) is 37.0 Å². The van der Waals surface area contributed by atoms with Gasteiger partial charge in [0.15, 0.2) is 5.78 Å². The van der Waals surface area contributed by atoms with E-state index in [-0.39, 0.29) is 5.78 Å². The summed E-state index contributed by atoms with van der Waals surface area (Å²) in [6, 6.07) is 7.14. The molecule has 1 N–H and O–H groups in total. The number of hydrogen-bond donors (Lipinski definition) is 1. The maximum atomic E-state index is 10.7. The molecule has 112 valence electrons. The molecular formula is C15H16Br2N2O2. The van der Waals surface area contributed by atoms with Gasteiger partial charge in [-0.15, -0.1) is 0 Å². The molecular weight excluding hydrogens is 400 g/mol. The molecule has 2 aromatic heterocycles. The lowest BCUT2D eigenvalue weighted by Gasteiger charge is -2.15. The molecule has 0 aliphatic rings. The minimum Gasteiger partial charge on any atom is -0.384 e. The predicted molar refractivity (Wildman–Crippen MR) is 89.1 cm³/mol. The van der Waals surface area contributed by atoms with Crippen LogP contribution in [0.5, 0.6) is 0 Å². The van der Waals surface area contributed by atoms with E-state index in [0.717, 1.165) is 8.95 Å². The van der Waals surface area contributed by atoms with Crippen molar-refractivity contribution in [2.75, 3.05) is 0 Å². The fraction of sp³-hybridized carbons (Fsp3) is 0.267. The Labute approximate surface area is 140 Å². The molecule has 6 heteroatoms. The third-order valence-corrected chi connectivity index (χ3v) is 3.38. The highest BCUT2D eigenvalue weighted by molar-refractivity contribution is 9.10. The summed E-state index contributed by atoms with van der Waals surface area (Å²) in [5, 5.41) is 9.50. The molecule has 0 amide bonds. The molecule has 0 spiro atoms. The summed E-state index contributed by atoms with van der Waals surface area (Å²) in [5.74, 6) is -0.00694. The van der Waals surface area contributed by atoms with Crippen LogP contribution in [0.4, 0.5) is 0 Å². The Morgan fingerprint density at radius 2 is 1.57 bits per heavy atom. The average Bonchev–Trinajstić information content (AvgIpc) is 2.39. The zero-order valence-corrected chi connectivity index (χ0v) is 15.1. The number of aliphatic hydroxyl groups is 1. The van der Waals surface area contributed by atoms with Gasteiger partial charge in [0.05, 0.1) is 5.69 Å². The number of pyridine rings is 2. The molecule has 0 saturated heterocycles. The first-order valence-electron chi connectivity index (χ1n) is 6.17. The number of Topliss-reactive ketones (excluding diaryl/α,β-unsaturated/α-hetero) is 1. The van der Waals surface area contributed by atoms with Gasteiger partial charge in [-0.3, -0.25) is 14.8 Å². The maximum absolute atomic E-state index is 10.7. The molecule has 0 aliphatic carbocycles. The van der Waals surface area contributed by atoms with E-state index in [1.54, 1.807) is 44.4 Å². The van der Waals surface area contributed by atoms with Crippen molar-refractivity contribution in [3.63, 3.8) is 0 Å². The lowest BCUT2D eigenvalue weighted by atomic mass is 10.1. The lowest BCUT2D eigenvalue weighted by molar-refractivity contribution is 0.0738. The second-order valence-electron chi connectivity index (χ2n) is 4.84. The molecule has 0 atom stereocenters. The van der Waals surface area contributed by atoms with Crippen LogP contribution in [0, 0.1) is 0 Å². The number of hydrogen-bond acceptors (Lipinski definition) is 4. The zero-order valence-electron chi connectivity index (χ0n) is 12.0. The van der Waals surface area contributed by atoms with Crippen molar-refractivity contribution in [1.82, 2.24) is 9.97 Å². The molecule has 0 fully saturated rings. The van der Waals surface area contributed by atoms with Crippen molar-refractivity contribution >= 4 is 37.6 Å². The third kappa shape index (κ3) is 6.46. The van der Waals surface area contributed by atoms with Gasteiger partial charge >= 0.3 is 0 Å². The van der Waals surface area contributed by atoms with Crippen molar-refractivity contribution in [3.05, 3.63) is 57.0 Å². The number of halogens is 2. The summed E-state index contributed by atoms with van der Waals surface area (Å²) in [5.41, 5.74) is 0.338. The molecule has 0 aromatic carbocycles. The van der Waals surface area contributed by atoms with Crippen molar-refractivity contribution in [2.24, 2.45) is 0 Å². The topological polar surface area (TPSA) is 63.1 Å². The lowest BCUT2D eigenvalue weighted by Crippen LogP contribution is -2.16. The van der Waals surface area contributed by atoms with Crippen LogP contribution >= 0.6 is 31.9 Å². The molecule has 0 saturated carbocycles. The Hall–Kier alpha value is -1.11. The van der Waals surface area contributed by atoms with Gasteiger partial charge in [0, 0.05) is 28.3 Å². The first-order valence-corrected chi connectivity index (χ1v) is 7.75. The maximum Gasteiger partial charge on any atom is 0.178 e. The summed E-state index contributed by atoms with van der Waals surface area (Å²) in [4.78, 5) is 18.6. The van der Waals surface area contributed by atoms with Crippen LogP contribution in [0.15, 0.2) is 45.6 Å². The van der Waals surface area contributed by atoms with E-state index in [2.05, 4.69) is 41.8 Å². The normalized spacial score (nSPS) is 10.6. The standard InChI is InChI=1S/C8H10BrNO.C7H6BrNO/c1-8(2,11)7-4-3-6(9)5-10-7;1-5(10)7-3-2-6(8)4-9-7/h3-5,11H,1-2H3;2-4H,1H3. The van der Waals surface area contributed by atoms with Crippen molar-refractivity contribution < 1.29 is 9.90 Å². The number of ketones is 1. The van der Waals surface area contributed by atoms with Gasteiger partial charge in [-0.2, -0.15) is 0 Å². The molecule has 2 rings (SSSR count). The molecule has 21 heavy (non-hydrogen) atoms. The van der Waals surface area contributed by atoms with Gasteiger partial charge < -0.3 is 5.11 Å². The Balaban J connectivity index is 0.000000211. The summed E-state index contributed by atoms with van der Waals surface area (Å²) in [7, 11) is 0. The highest BCUT2D eigenvalue weighted by Crippen LogP contribution is 2.18. The first-order chi connectivity index (χ1) is 9.70. The van der Waals surface area contributed by atoms with Crippen molar-refractivity contribution in [1.29, 1.82) is 0 Å². The summed E-state index contributed by atoms with van der Waals surface area (Å²) >= 11 is 6.49. The fourth-order valence-corrected chi connectivity index (χ4v) is 1.79. The number of carbonyl (C=O) groups excluding carboxylic acids is 1. The highest BCUT2D eigenvalue weighted by atomic mass is 79.9. The Morgan fingerprint density at radius 3 is 1.90 bits per heavy atom. The van der Waals surface area contributed by atoms with E-state index in [9.17, 15) is 9.90 Å². The van der Waals surface area contributed by atoms with E-state index >= 15 is 0 Å². The van der Waals surface area contributed by atoms with Crippen LogP contribution in [0.3, 0.4) is 0 Å². The number of rotatable bonds is 2. The summed E-state index contributed by atoms with van der Waals surface area (Å²) in [6.45, 7) is 4.92. The van der Waals surface area contributed by atoms with Crippen LogP contribution in [0.2, 0.25) is 0 Å². The van der Waals surface area contributed by atoms with Crippen LogP contribution in [0.25, 0.3) is 0 Å². The highest BCUT2D eigenvalue weighted by Gasteiger charge is 2.16. The fourth-order valence-electron chi connectivity index (χ4n) is 1.32. The van der Waals surface area contributed by atoms with E-state index < -0.39 is 5.60 Å². The minimum atomic E-state index is -0.847. The second-order valence-corrected chi connectivity index (χ2v) is 6.67. The van der Waals surface area contributed by atoms with Gasteiger partial charge in [-0.05, 0) is 70.0 Å². The average molecular weight is 416 g/mol. The largest absolute Gasteiger partial charge is 0.384 e. The van der Waals surface area contributed by atoms with Gasteiger partial charge in [0.1, 0.15) is 11.3 Å². The molecule has 4 nitrogen and oxygen atoms in total. The molecule has 0 aliphatic heterocycles. The van der Waals surface area contributed by atoms with E-state index in [1.165, 1.54) is 6.92 Å². The summed E-state index contributed by atoms with van der Waals surface area (Å²) in [6.07, 6.45) is 3.28. The van der Waals surface area contributed by atoms with Gasteiger partial charge in [0.25, 0.3) is 0 Å². The van der Waals surface area contributed by atoms with Gasteiger partial charge in [-0.25, -0.2) is 0 Å².